The molecule has 0 atom stereocenters. The molecule has 0 spiro atoms. The summed E-state index contributed by atoms with van der Waals surface area (Å²) in [5.74, 6) is -0.737. The lowest BCUT2D eigenvalue weighted by Crippen LogP contribution is -2.07. The molecule has 0 unspecified atom stereocenters. The van der Waals surface area contributed by atoms with Gasteiger partial charge in [-0.25, -0.2) is 4.79 Å². The minimum Gasteiger partial charge on any atom is -0.462 e. The van der Waals surface area contributed by atoms with E-state index in [0.717, 1.165) is 12.1 Å². The molecule has 0 radical (unpaired) electrons. The van der Waals surface area contributed by atoms with Crippen LogP contribution < -0.4 is 0 Å². The molecule has 2 rings (SSSR count). The number of carbonyl (C=O) groups is 1. The number of hydrogen-bond acceptors (Lipinski definition) is 3. The van der Waals surface area contributed by atoms with Crippen molar-refractivity contribution in [3.8, 4) is 11.8 Å². The molecule has 26 heavy (non-hydrogen) atoms. The molecular formula is C19H17F3N2O2. The maximum Gasteiger partial charge on any atom is 0.416 e. The first-order chi connectivity index (χ1) is 12.2. The molecule has 2 aromatic rings. The third-order valence-electron chi connectivity index (χ3n) is 3.82. The predicted molar refractivity (Wildman–Crippen MR) is 90.5 cm³/mol. The van der Waals surface area contributed by atoms with Gasteiger partial charge in [0.05, 0.1) is 12.2 Å². The molecule has 0 fully saturated rings. The fourth-order valence-corrected chi connectivity index (χ4v) is 2.65. The number of benzene rings is 1. The van der Waals surface area contributed by atoms with E-state index in [2.05, 4.69) is 0 Å². The van der Waals surface area contributed by atoms with Gasteiger partial charge in [-0.15, -0.1) is 0 Å². The van der Waals surface area contributed by atoms with Crippen LogP contribution >= 0.6 is 0 Å². The number of aromatic nitrogens is 1. The van der Waals surface area contributed by atoms with Gasteiger partial charge in [0.1, 0.15) is 11.6 Å². The van der Waals surface area contributed by atoms with E-state index < -0.39 is 17.7 Å². The molecule has 0 bridgehead atoms. The summed E-state index contributed by atoms with van der Waals surface area (Å²) in [6, 6.07) is 8.46. The zero-order valence-electron chi connectivity index (χ0n) is 14.5. The second-order valence-electron chi connectivity index (χ2n) is 5.60. The standard InChI is InChI=1S/C19H17F3N2O2/c1-4-26-18(25)15(11-23)9-14-8-12(2)24(13(14)3)17-7-5-6-16(10-17)19(20,21)22/h5-10H,4H2,1-3H3/b15-9-. The largest absolute Gasteiger partial charge is 0.462 e. The molecule has 0 aliphatic carbocycles. The lowest BCUT2D eigenvalue weighted by molar-refractivity contribution is -0.138. The van der Waals surface area contributed by atoms with Crippen LogP contribution in [-0.4, -0.2) is 17.1 Å². The van der Waals surface area contributed by atoms with Crippen molar-refractivity contribution >= 4 is 12.0 Å². The fourth-order valence-electron chi connectivity index (χ4n) is 2.65. The molecule has 1 aromatic carbocycles. The van der Waals surface area contributed by atoms with E-state index in [1.807, 2.05) is 0 Å². The molecular weight excluding hydrogens is 345 g/mol. The lowest BCUT2D eigenvalue weighted by atomic mass is 10.1. The topological polar surface area (TPSA) is 55.0 Å². The summed E-state index contributed by atoms with van der Waals surface area (Å²) in [6.45, 7) is 5.22. The Labute approximate surface area is 149 Å². The maximum atomic E-state index is 13.0. The van der Waals surface area contributed by atoms with Crippen molar-refractivity contribution in [2.45, 2.75) is 26.9 Å². The molecule has 0 saturated heterocycles. The quantitative estimate of drug-likeness (QED) is 0.454. The van der Waals surface area contributed by atoms with E-state index in [0.29, 0.717) is 22.6 Å². The van der Waals surface area contributed by atoms with E-state index in [1.54, 1.807) is 43.5 Å². The number of rotatable bonds is 4. The normalized spacial score (nSPS) is 12.0. The highest BCUT2D eigenvalue weighted by molar-refractivity contribution is 5.98. The number of hydrogen-bond donors (Lipinski definition) is 0. The summed E-state index contributed by atoms with van der Waals surface area (Å²) >= 11 is 0. The Hall–Kier alpha value is -3.01. The third kappa shape index (κ3) is 3.97. The molecule has 0 amide bonds. The molecule has 136 valence electrons. The zero-order valence-corrected chi connectivity index (χ0v) is 14.5. The van der Waals surface area contributed by atoms with Gasteiger partial charge in [-0.2, -0.15) is 18.4 Å². The minimum atomic E-state index is -4.44. The third-order valence-corrected chi connectivity index (χ3v) is 3.82. The SMILES string of the molecule is CCOC(=O)/C(C#N)=C\c1cc(C)n(-c2cccc(C(F)(F)F)c2)c1C. The van der Waals surface area contributed by atoms with Gasteiger partial charge in [-0.05, 0) is 56.7 Å². The van der Waals surface area contributed by atoms with Crippen LogP contribution in [-0.2, 0) is 15.7 Å². The smallest absolute Gasteiger partial charge is 0.416 e. The van der Waals surface area contributed by atoms with Crippen LogP contribution in [0.4, 0.5) is 13.2 Å². The van der Waals surface area contributed by atoms with Crippen LogP contribution in [0.15, 0.2) is 35.9 Å². The molecule has 4 nitrogen and oxygen atoms in total. The van der Waals surface area contributed by atoms with Gasteiger partial charge < -0.3 is 9.30 Å². The Balaban J connectivity index is 2.53. The fraction of sp³-hybridized carbons (Fsp3) is 0.263. The number of ether oxygens (including phenoxy) is 1. The lowest BCUT2D eigenvalue weighted by Gasteiger charge is -2.13. The number of carbonyl (C=O) groups excluding carboxylic acids is 1. The van der Waals surface area contributed by atoms with Crippen molar-refractivity contribution in [2.75, 3.05) is 6.61 Å². The van der Waals surface area contributed by atoms with Gasteiger partial charge in [0, 0.05) is 17.1 Å². The Bertz CT molecular complexity index is 902. The summed E-state index contributed by atoms with van der Waals surface area (Å²) in [4.78, 5) is 11.8. The van der Waals surface area contributed by atoms with Crippen LogP contribution in [0.5, 0.6) is 0 Å². The van der Waals surface area contributed by atoms with E-state index in [1.165, 1.54) is 12.1 Å². The number of alkyl halides is 3. The average molecular weight is 362 g/mol. The number of nitriles is 1. The van der Waals surface area contributed by atoms with Gasteiger partial charge >= 0.3 is 12.1 Å². The molecule has 1 aromatic heterocycles. The predicted octanol–water partition coefficient (Wildman–Crippen LogP) is 4.58. The highest BCUT2D eigenvalue weighted by atomic mass is 19.4. The van der Waals surface area contributed by atoms with Gasteiger partial charge in [0.25, 0.3) is 0 Å². The number of aryl methyl sites for hydroxylation is 1. The van der Waals surface area contributed by atoms with Crippen molar-refractivity contribution in [2.24, 2.45) is 0 Å². The molecule has 1 heterocycles. The monoisotopic (exact) mass is 362 g/mol. The molecule has 0 aliphatic rings. The van der Waals surface area contributed by atoms with Crippen molar-refractivity contribution in [3.63, 3.8) is 0 Å². The Kier molecular flexibility index (Phi) is 5.56. The summed E-state index contributed by atoms with van der Waals surface area (Å²) in [7, 11) is 0. The van der Waals surface area contributed by atoms with E-state index >= 15 is 0 Å². The minimum absolute atomic E-state index is 0.140. The second-order valence-corrected chi connectivity index (χ2v) is 5.60. The van der Waals surface area contributed by atoms with Crippen LogP contribution in [0, 0.1) is 25.2 Å². The van der Waals surface area contributed by atoms with Gasteiger partial charge in [-0.3, -0.25) is 0 Å². The van der Waals surface area contributed by atoms with E-state index in [9.17, 15) is 18.0 Å². The summed E-state index contributed by atoms with van der Waals surface area (Å²) < 4.78 is 45.3. The molecule has 7 heteroatoms. The van der Waals surface area contributed by atoms with Crippen molar-refractivity contribution in [1.82, 2.24) is 4.57 Å². The van der Waals surface area contributed by atoms with Crippen molar-refractivity contribution in [1.29, 1.82) is 5.26 Å². The zero-order chi connectivity index (χ0) is 19.5. The first-order valence-electron chi connectivity index (χ1n) is 7.84. The molecule has 0 saturated carbocycles. The highest BCUT2D eigenvalue weighted by Crippen LogP contribution is 2.31. The van der Waals surface area contributed by atoms with Crippen LogP contribution in [0.3, 0.4) is 0 Å². The Morgan fingerprint density at radius 1 is 1.31 bits per heavy atom. The maximum absolute atomic E-state index is 13.0. The van der Waals surface area contributed by atoms with Gasteiger partial charge in [0.2, 0.25) is 0 Å². The van der Waals surface area contributed by atoms with Gasteiger partial charge in [-0.1, -0.05) is 6.07 Å². The first kappa shape index (κ1) is 19.3. The Morgan fingerprint density at radius 3 is 2.58 bits per heavy atom. The Morgan fingerprint density at radius 2 is 2.00 bits per heavy atom. The van der Waals surface area contributed by atoms with E-state index in [-0.39, 0.29) is 12.2 Å². The van der Waals surface area contributed by atoms with Crippen molar-refractivity contribution in [3.05, 3.63) is 58.4 Å². The number of nitrogens with zero attached hydrogens (tertiary/aromatic N) is 2. The first-order valence-corrected chi connectivity index (χ1v) is 7.84. The highest BCUT2D eigenvalue weighted by Gasteiger charge is 2.30. The average Bonchev–Trinajstić information content (AvgIpc) is 2.85. The van der Waals surface area contributed by atoms with Crippen molar-refractivity contribution < 1.29 is 22.7 Å². The molecule has 0 N–H and O–H groups in total. The summed E-state index contributed by atoms with van der Waals surface area (Å²) in [5.41, 5.74) is 1.28. The summed E-state index contributed by atoms with van der Waals surface area (Å²) in [5, 5.41) is 9.14. The van der Waals surface area contributed by atoms with E-state index in [4.69, 9.17) is 10.00 Å². The van der Waals surface area contributed by atoms with Crippen LogP contribution in [0.1, 0.15) is 29.4 Å². The summed E-state index contributed by atoms with van der Waals surface area (Å²) in [6.07, 6.45) is -3.06. The number of halogens is 3. The number of esters is 1. The van der Waals surface area contributed by atoms with Crippen LogP contribution in [0.2, 0.25) is 0 Å². The molecule has 0 aliphatic heterocycles. The second kappa shape index (κ2) is 7.48. The van der Waals surface area contributed by atoms with Crippen LogP contribution in [0.25, 0.3) is 11.8 Å². The van der Waals surface area contributed by atoms with Gasteiger partial charge in [0.15, 0.2) is 0 Å².